The van der Waals surface area contributed by atoms with Gasteiger partial charge < -0.3 is 15.4 Å². The van der Waals surface area contributed by atoms with Gasteiger partial charge in [-0.25, -0.2) is 0 Å². The van der Waals surface area contributed by atoms with E-state index in [1.54, 1.807) is 67.0 Å². The zero-order chi connectivity index (χ0) is 21.8. The van der Waals surface area contributed by atoms with Crippen molar-refractivity contribution in [1.82, 2.24) is 4.98 Å². The first-order chi connectivity index (χ1) is 15.0. The zero-order valence-electron chi connectivity index (χ0n) is 16.2. The van der Waals surface area contributed by atoms with E-state index in [2.05, 4.69) is 31.5 Å². The Kier molecular flexibility index (Phi) is 5.94. The molecule has 2 N–H and O–H groups in total. The highest BCUT2D eigenvalue weighted by Gasteiger charge is 2.27. The van der Waals surface area contributed by atoms with Crippen LogP contribution in [0.5, 0.6) is 5.75 Å². The van der Waals surface area contributed by atoms with Gasteiger partial charge in [0, 0.05) is 33.8 Å². The third-order valence-corrected chi connectivity index (χ3v) is 5.01. The van der Waals surface area contributed by atoms with E-state index in [0.29, 0.717) is 28.4 Å². The van der Waals surface area contributed by atoms with E-state index in [4.69, 9.17) is 4.74 Å². The molecule has 2 aromatic carbocycles. The van der Waals surface area contributed by atoms with Crippen LogP contribution in [0.1, 0.15) is 10.4 Å². The van der Waals surface area contributed by atoms with Crippen molar-refractivity contribution in [3.63, 3.8) is 0 Å². The first-order valence-corrected chi connectivity index (χ1v) is 10.1. The Hall–Kier alpha value is -3.72. The summed E-state index contributed by atoms with van der Waals surface area (Å²) in [5.41, 5.74) is 1.97. The van der Waals surface area contributed by atoms with Gasteiger partial charge >= 0.3 is 0 Å². The summed E-state index contributed by atoms with van der Waals surface area (Å²) >= 11 is 3.36. The molecule has 31 heavy (non-hydrogen) atoms. The maximum atomic E-state index is 12.6. The molecule has 0 atom stereocenters. The van der Waals surface area contributed by atoms with E-state index in [1.807, 2.05) is 0 Å². The molecule has 3 amide bonds. The summed E-state index contributed by atoms with van der Waals surface area (Å²) in [5.74, 6) is -0.493. The fourth-order valence-electron chi connectivity index (χ4n) is 3.07. The van der Waals surface area contributed by atoms with E-state index in [1.165, 1.54) is 4.90 Å². The minimum absolute atomic E-state index is 0.138. The fraction of sp³-hybridized carbons (Fsp3) is 0.0909. The van der Waals surface area contributed by atoms with Crippen molar-refractivity contribution in [1.29, 1.82) is 0 Å². The second kappa shape index (κ2) is 8.97. The smallest absolute Gasteiger partial charge is 0.265 e. The number of carbonyl (C=O) groups is 3. The standard InChI is InChI=1S/C22H17BrN4O4/c23-15-4-5-18-19(11-15)31-13-21(29)27(18)12-20(28)25-17-3-1-2-14(10-17)22(30)26-16-6-8-24-9-7-16/h1-11H,12-13H2,(H,25,28)(H,24,26,30). The lowest BCUT2D eigenvalue weighted by atomic mass is 10.2. The lowest BCUT2D eigenvalue weighted by molar-refractivity contribution is -0.123. The minimum Gasteiger partial charge on any atom is -0.482 e. The number of hydrogen-bond acceptors (Lipinski definition) is 5. The molecule has 1 aromatic heterocycles. The van der Waals surface area contributed by atoms with Crippen molar-refractivity contribution >= 4 is 50.7 Å². The fourth-order valence-corrected chi connectivity index (χ4v) is 3.41. The van der Waals surface area contributed by atoms with Crippen LogP contribution in [0, 0.1) is 0 Å². The van der Waals surface area contributed by atoms with Crippen molar-refractivity contribution in [3.8, 4) is 5.75 Å². The number of carbonyl (C=O) groups excluding carboxylic acids is 3. The van der Waals surface area contributed by atoms with Gasteiger partial charge in [-0.2, -0.15) is 0 Å². The number of aromatic nitrogens is 1. The maximum Gasteiger partial charge on any atom is 0.265 e. The van der Waals surface area contributed by atoms with Crippen LogP contribution in [0.2, 0.25) is 0 Å². The first kappa shape index (κ1) is 20.5. The number of hydrogen-bond donors (Lipinski definition) is 2. The van der Waals surface area contributed by atoms with Crippen LogP contribution in [-0.2, 0) is 9.59 Å². The molecular weight excluding hydrogens is 464 g/mol. The summed E-state index contributed by atoms with van der Waals surface area (Å²) in [6.07, 6.45) is 3.16. The number of fused-ring (bicyclic) bond motifs is 1. The molecule has 4 rings (SSSR count). The molecule has 0 saturated heterocycles. The minimum atomic E-state index is -0.393. The van der Waals surface area contributed by atoms with Crippen LogP contribution in [-0.4, -0.2) is 35.9 Å². The summed E-state index contributed by atoms with van der Waals surface area (Å²) in [5, 5.41) is 5.50. The van der Waals surface area contributed by atoms with Gasteiger partial charge in [0.15, 0.2) is 6.61 Å². The second-order valence-electron chi connectivity index (χ2n) is 6.70. The van der Waals surface area contributed by atoms with Crippen molar-refractivity contribution < 1.29 is 19.1 Å². The Morgan fingerprint density at radius 1 is 1.03 bits per heavy atom. The van der Waals surface area contributed by atoms with Crippen LogP contribution in [0.25, 0.3) is 0 Å². The normalized spacial score (nSPS) is 12.5. The Morgan fingerprint density at radius 2 is 1.84 bits per heavy atom. The molecule has 8 nitrogen and oxygen atoms in total. The number of ether oxygens (including phenoxy) is 1. The van der Waals surface area contributed by atoms with Gasteiger partial charge in [0.2, 0.25) is 5.91 Å². The highest BCUT2D eigenvalue weighted by molar-refractivity contribution is 9.10. The molecule has 0 fully saturated rings. The number of halogens is 1. The number of pyridine rings is 1. The van der Waals surface area contributed by atoms with E-state index in [0.717, 1.165) is 4.47 Å². The highest BCUT2D eigenvalue weighted by atomic mass is 79.9. The molecular formula is C22H17BrN4O4. The van der Waals surface area contributed by atoms with Crippen LogP contribution in [0.4, 0.5) is 17.1 Å². The molecule has 1 aliphatic heterocycles. The summed E-state index contributed by atoms with van der Waals surface area (Å²) < 4.78 is 6.25. The van der Waals surface area contributed by atoms with Crippen LogP contribution >= 0.6 is 15.9 Å². The van der Waals surface area contributed by atoms with Crippen LogP contribution in [0.15, 0.2) is 71.5 Å². The van der Waals surface area contributed by atoms with Crippen molar-refractivity contribution in [2.45, 2.75) is 0 Å². The third kappa shape index (κ3) is 4.89. The monoisotopic (exact) mass is 480 g/mol. The molecule has 9 heteroatoms. The number of nitrogens with zero attached hydrogens (tertiary/aromatic N) is 2. The molecule has 156 valence electrons. The molecule has 0 unspecified atom stereocenters. The number of rotatable bonds is 5. The first-order valence-electron chi connectivity index (χ1n) is 9.33. The second-order valence-corrected chi connectivity index (χ2v) is 7.62. The average molecular weight is 481 g/mol. The van der Waals surface area contributed by atoms with Gasteiger partial charge in [-0.05, 0) is 48.5 Å². The highest BCUT2D eigenvalue weighted by Crippen LogP contribution is 2.34. The van der Waals surface area contributed by atoms with E-state index < -0.39 is 5.91 Å². The predicted molar refractivity (Wildman–Crippen MR) is 119 cm³/mol. The molecule has 0 aliphatic carbocycles. The summed E-state index contributed by atoms with van der Waals surface area (Å²) in [4.78, 5) is 42.7. The zero-order valence-corrected chi connectivity index (χ0v) is 17.8. The average Bonchev–Trinajstić information content (AvgIpc) is 2.76. The number of nitrogens with one attached hydrogen (secondary N) is 2. The van der Waals surface area contributed by atoms with Gasteiger partial charge in [-0.3, -0.25) is 24.3 Å². The molecule has 0 spiro atoms. The lowest BCUT2D eigenvalue weighted by Crippen LogP contribution is -2.43. The quantitative estimate of drug-likeness (QED) is 0.582. The third-order valence-electron chi connectivity index (χ3n) is 4.51. The van der Waals surface area contributed by atoms with Gasteiger partial charge in [0.25, 0.3) is 11.8 Å². The molecule has 1 aliphatic rings. The molecule has 0 radical (unpaired) electrons. The molecule has 3 aromatic rings. The number of anilines is 3. The largest absolute Gasteiger partial charge is 0.482 e. The summed E-state index contributed by atoms with van der Waals surface area (Å²) in [7, 11) is 0. The summed E-state index contributed by atoms with van der Waals surface area (Å²) in [6.45, 7) is -0.314. The van der Waals surface area contributed by atoms with Gasteiger partial charge in [-0.15, -0.1) is 0 Å². The van der Waals surface area contributed by atoms with E-state index in [9.17, 15) is 14.4 Å². The Morgan fingerprint density at radius 3 is 2.65 bits per heavy atom. The van der Waals surface area contributed by atoms with Gasteiger partial charge in [0.1, 0.15) is 12.3 Å². The van der Waals surface area contributed by atoms with E-state index >= 15 is 0 Å². The molecule has 0 saturated carbocycles. The molecule has 0 bridgehead atoms. The Balaban J connectivity index is 1.44. The van der Waals surface area contributed by atoms with Crippen LogP contribution < -0.4 is 20.3 Å². The Bertz CT molecular complexity index is 1150. The van der Waals surface area contributed by atoms with Gasteiger partial charge in [0.05, 0.1) is 5.69 Å². The van der Waals surface area contributed by atoms with E-state index in [-0.39, 0.29) is 25.0 Å². The number of benzene rings is 2. The molecule has 2 heterocycles. The SMILES string of the molecule is O=C(CN1C(=O)COc2cc(Br)ccc21)Nc1cccc(C(=O)Nc2ccncc2)c1. The Labute approximate surface area is 186 Å². The maximum absolute atomic E-state index is 12.6. The number of amides is 3. The lowest BCUT2D eigenvalue weighted by Gasteiger charge is -2.29. The van der Waals surface area contributed by atoms with Crippen LogP contribution in [0.3, 0.4) is 0 Å². The van der Waals surface area contributed by atoms with Crippen molar-refractivity contribution in [2.24, 2.45) is 0 Å². The summed E-state index contributed by atoms with van der Waals surface area (Å²) in [6, 6.07) is 15.2. The van der Waals surface area contributed by atoms with Crippen molar-refractivity contribution in [2.75, 3.05) is 28.7 Å². The van der Waals surface area contributed by atoms with Gasteiger partial charge in [-0.1, -0.05) is 22.0 Å². The topological polar surface area (TPSA) is 101 Å². The predicted octanol–water partition coefficient (Wildman–Crippen LogP) is 3.46. The van der Waals surface area contributed by atoms with Crippen molar-refractivity contribution in [3.05, 3.63) is 77.0 Å².